The highest BCUT2D eigenvalue weighted by atomic mass is 16.3. The van der Waals surface area contributed by atoms with Crippen LogP contribution in [-0.2, 0) is 0 Å². The van der Waals surface area contributed by atoms with E-state index in [1.807, 2.05) is 0 Å². The van der Waals surface area contributed by atoms with Crippen molar-refractivity contribution in [3.05, 3.63) is 212 Å². The van der Waals surface area contributed by atoms with Gasteiger partial charge in [0, 0.05) is 33.3 Å². The second-order valence-electron chi connectivity index (χ2n) is 14.5. The molecule has 0 fully saturated rings. The first-order valence-corrected chi connectivity index (χ1v) is 19.2. The van der Waals surface area contributed by atoms with Crippen molar-refractivity contribution < 1.29 is 4.42 Å². The summed E-state index contributed by atoms with van der Waals surface area (Å²) in [5, 5.41) is 9.57. The Bertz CT molecular complexity index is 3250. The lowest BCUT2D eigenvalue weighted by Crippen LogP contribution is -2.11. The smallest absolute Gasteiger partial charge is 0.143 e. The van der Waals surface area contributed by atoms with Gasteiger partial charge in [0.2, 0.25) is 0 Å². The van der Waals surface area contributed by atoms with E-state index in [0.29, 0.717) is 0 Å². The topological polar surface area (TPSA) is 16.4 Å². The predicted molar refractivity (Wildman–Crippen MR) is 237 cm³/mol. The molecule has 1 heterocycles. The van der Waals surface area contributed by atoms with Crippen LogP contribution in [0.3, 0.4) is 0 Å². The van der Waals surface area contributed by atoms with Crippen molar-refractivity contribution in [2.24, 2.45) is 0 Å². The van der Waals surface area contributed by atoms with Crippen molar-refractivity contribution in [3.8, 4) is 33.4 Å². The zero-order valence-electron chi connectivity index (χ0n) is 30.6. The lowest BCUT2D eigenvalue weighted by molar-refractivity contribution is 0.670. The Morgan fingerprint density at radius 3 is 1.73 bits per heavy atom. The van der Waals surface area contributed by atoms with E-state index in [-0.39, 0.29) is 0 Å². The van der Waals surface area contributed by atoms with E-state index < -0.39 is 0 Å². The van der Waals surface area contributed by atoms with Gasteiger partial charge in [0.05, 0.1) is 5.69 Å². The summed E-state index contributed by atoms with van der Waals surface area (Å²) in [6.07, 6.45) is 0. The van der Waals surface area contributed by atoms with E-state index in [4.69, 9.17) is 4.42 Å². The van der Waals surface area contributed by atoms with Gasteiger partial charge in [-0.2, -0.15) is 0 Å². The van der Waals surface area contributed by atoms with Gasteiger partial charge in [0.25, 0.3) is 0 Å². The SMILES string of the molecule is c1ccc(-c2cccc(-c3ccc(N(c4ccc5c(ccc6ccccc65)c4)c4ccccc4-c4cccc5c4oc4cc6ccccc6cc45)cc3)c2)cc1. The van der Waals surface area contributed by atoms with Gasteiger partial charge in [-0.1, -0.05) is 164 Å². The van der Waals surface area contributed by atoms with Crippen LogP contribution in [0.25, 0.3) is 87.6 Å². The summed E-state index contributed by atoms with van der Waals surface area (Å²) in [6.45, 7) is 0. The molecular formula is C54H35NO. The average molecular weight is 714 g/mol. The fourth-order valence-corrected chi connectivity index (χ4v) is 8.47. The second-order valence-corrected chi connectivity index (χ2v) is 14.5. The summed E-state index contributed by atoms with van der Waals surface area (Å²) in [5.41, 5.74) is 12.0. The highest BCUT2D eigenvalue weighted by Gasteiger charge is 2.21. The molecule has 0 bridgehead atoms. The van der Waals surface area contributed by atoms with Crippen LogP contribution in [0.15, 0.2) is 217 Å². The molecule has 0 N–H and O–H groups in total. The van der Waals surface area contributed by atoms with Gasteiger partial charge in [-0.05, 0) is 103 Å². The normalized spacial score (nSPS) is 11.6. The van der Waals surface area contributed by atoms with E-state index in [0.717, 1.165) is 50.1 Å². The van der Waals surface area contributed by atoms with Crippen molar-refractivity contribution in [1.29, 1.82) is 0 Å². The summed E-state index contributed by atoms with van der Waals surface area (Å²) in [5.74, 6) is 0. The summed E-state index contributed by atoms with van der Waals surface area (Å²) >= 11 is 0. The number of hydrogen-bond acceptors (Lipinski definition) is 2. The quantitative estimate of drug-likeness (QED) is 0.160. The maximum Gasteiger partial charge on any atom is 0.143 e. The standard InChI is InChI=1S/C54H35NO/c1-2-12-36(13-3-1)39-17-10-18-40(32-39)37-26-28-44(29-27-37)55(45-30-31-47-43(33-45)25-24-38-14-6-7-19-46(38)47)52-23-9-8-20-48(52)49-21-11-22-50-51-34-41-15-4-5-16-42(41)35-53(51)56-54(49)50/h1-35H. The molecule has 0 saturated heterocycles. The van der Waals surface area contributed by atoms with Crippen LogP contribution in [0.2, 0.25) is 0 Å². The predicted octanol–water partition coefficient (Wildman–Crippen LogP) is 15.5. The van der Waals surface area contributed by atoms with Crippen molar-refractivity contribution in [3.63, 3.8) is 0 Å². The minimum absolute atomic E-state index is 0.892. The van der Waals surface area contributed by atoms with Gasteiger partial charge in [0.1, 0.15) is 11.2 Å². The Balaban J connectivity index is 1.09. The van der Waals surface area contributed by atoms with Crippen molar-refractivity contribution in [2.75, 3.05) is 4.90 Å². The molecular weight excluding hydrogens is 679 g/mol. The van der Waals surface area contributed by atoms with E-state index in [9.17, 15) is 0 Å². The van der Waals surface area contributed by atoms with Crippen LogP contribution < -0.4 is 4.90 Å². The third kappa shape index (κ3) is 5.42. The van der Waals surface area contributed by atoms with Crippen LogP contribution in [0.5, 0.6) is 0 Å². The molecule has 11 aromatic rings. The number of para-hydroxylation sites is 2. The molecule has 0 unspecified atom stereocenters. The third-order valence-electron chi connectivity index (χ3n) is 11.2. The fourth-order valence-electron chi connectivity index (χ4n) is 8.47. The highest BCUT2D eigenvalue weighted by molar-refractivity contribution is 6.14. The van der Waals surface area contributed by atoms with Gasteiger partial charge in [-0.25, -0.2) is 0 Å². The zero-order valence-corrected chi connectivity index (χ0v) is 30.6. The monoisotopic (exact) mass is 713 g/mol. The molecule has 1 aromatic heterocycles. The van der Waals surface area contributed by atoms with Crippen molar-refractivity contribution in [1.82, 2.24) is 0 Å². The fraction of sp³-hybridized carbons (Fsp3) is 0. The van der Waals surface area contributed by atoms with E-state index in [1.54, 1.807) is 0 Å². The molecule has 0 amide bonds. The Morgan fingerprint density at radius 2 is 0.893 bits per heavy atom. The van der Waals surface area contributed by atoms with E-state index in [1.165, 1.54) is 54.6 Å². The number of nitrogens with zero attached hydrogens (tertiary/aromatic N) is 1. The number of furan rings is 1. The molecule has 11 rings (SSSR count). The number of hydrogen-bond donors (Lipinski definition) is 0. The summed E-state index contributed by atoms with van der Waals surface area (Å²) in [4.78, 5) is 2.39. The first kappa shape index (κ1) is 32.0. The maximum absolute atomic E-state index is 6.78. The molecule has 0 aliphatic heterocycles. The number of benzene rings is 10. The Morgan fingerprint density at radius 1 is 0.304 bits per heavy atom. The van der Waals surface area contributed by atoms with E-state index >= 15 is 0 Å². The molecule has 10 aromatic carbocycles. The molecule has 0 saturated carbocycles. The lowest BCUT2D eigenvalue weighted by atomic mass is 9.97. The first-order valence-electron chi connectivity index (χ1n) is 19.2. The van der Waals surface area contributed by atoms with Crippen LogP contribution in [0.1, 0.15) is 0 Å². The number of fused-ring (bicyclic) bond motifs is 7. The average Bonchev–Trinajstić information content (AvgIpc) is 3.64. The minimum atomic E-state index is 0.892. The lowest BCUT2D eigenvalue weighted by Gasteiger charge is -2.28. The molecule has 0 radical (unpaired) electrons. The minimum Gasteiger partial charge on any atom is -0.455 e. The van der Waals surface area contributed by atoms with E-state index in [2.05, 4.69) is 217 Å². The summed E-state index contributed by atoms with van der Waals surface area (Å²) < 4.78 is 6.78. The number of anilines is 3. The van der Waals surface area contributed by atoms with Gasteiger partial charge in [-0.15, -0.1) is 0 Å². The Hall–Kier alpha value is -7.42. The largest absolute Gasteiger partial charge is 0.455 e. The Kier molecular flexibility index (Phi) is 7.53. The first-order chi connectivity index (χ1) is 27.7. The van der Waals surface area contributed by atoms with Crippen molar-refractivity contribution in [2.45, 2.75) is 0 Å². The van der Waals surface area contributed by atoms with Crippen LogP contribution in [0.4, 0.5) is 17.1 Å². The molecule has 56 heavy (non-hydrogen) atoms. The molecule has 0 spiro atoms. The molecule has 2 nitrogen and oxygen atoms in total. The Labute approximate surface area is 325 Å². The highest BCUT2D eigenvalue weighted by Crippen LogP contribution is 2.45. The molecule has 0 aliphatic carbocycles. The van der Waals surface area contributed by atoms with Crippen LogP contribution in [0, 0.1) is 0 Å². The summed E-state index contributed by atoms with van der Waals surface area (Å²) in [7, 11) is 0. The second kappa shape index (κ2) is 13.2. The van der Waals surface area contributed by atoms with Crippen LogP contribution in [-0.4, -0.2) is 0 Å². The van der Waals surface area contributed by atoms with Gasteiger partial charge in [-0.3, -0.25) is 0 Å². The van der Waals surface area contributed by atoms with Crippen LogP contribution >= 0.6 is 0 Å². The zero-order chi connectivity index (χ0) is 37.0. The summed E-state index contributed by atoms with van der Waals surface area (Å²) in [6, 6.07) is 76.5. The molecule has 262 valence electrons. The third-order valence-corrected chi connectivity index (χ3v) is 11.2. The molecule has 0 aliphatic rings. The van der Waals surface area contributed by atoms with Gasteiger partial charge < -0.3 is 9.32 Å². The maximum atomic E-state index is 6.78. The molecule has 2 heteroatoms. The number of rotatable bonds is 6. The van der Waals surface area contributed by atoms with Crippen molar-refractivity contribution >= 4 is 71.3 Å². The van der Waals surface area contributed by atoms with Gasteiger partial charge >= 0.3 is 0 Å². The molecule has 0 atom stereocenters. The van der Waals surface area contributed by atoms with Gasteiger partial charge in [0.15, 0.2) is 0 Å².